The highest BCUT2D eigenvalue weighted by Crippen LogP contribution is 2.47. The van der Waals surface area contributed by atoms with Crippen LogP contribution in [0.25, 0.3) is 0 Å². The average molecular weight is 344 g/mol. The molecule has 1 fully saturated rings. The van der Waals surface area contributed by atoms with Gasteiger partial charge >= 0.3 is 0 Å². The highest BCUT2D eigenvalue weighted by Gasteiger charge is 2.49. The van der Waals surface area contributed by atoms with Crippen LogP contribution in [0.4, 0.5) is 0 Å². The minimum atomic E-state index is -0.297. The molecule has 0 spiro atoms. The monoisotopic (exact) mass is 344 g/mol. The third-order valence-electron chi connectivity index (χ3n) is 4.93. The van der Waals surface area contributed by atoms with Crippen LogP contribution >= 0.6 is 0 Å². The van der Waals surface area contributed by atoms with Crippen LogP contribution in [-0.4, -0.2) is 26.5 Å². The van der Waals surface area contributed by atoms with Gasteiger partial charge in [-0.15, -0.1) is 0 Å². The Morgan fingerprint density at radius 1 is 1.28 bits per heavy atom. The molecule has 0 aromatic heterocycles. The van der Waals surface area contributed by atoms with Gasteiger partial charge in [0.05, 0.1) is 19.8 Å². The van der Waals surface area contributed by atoms with Gasteiger partial charge in [-0.25, -0.2) is 5.43 Å². The van der Waals surface area contributed by atoms with Crippen molar-refractivity contribution in [3.8, 4) is 17.6 Å². The third-order valence-corrected chi connectivity index (χ3v) is 4.93. The molecule has 0 bridgehead atoms. The molecule has 2 aliphatic rings. The number of hydrazine groups is 1. The number of ether oxygens (including phenoxy) is 3. The molecule has 4 unspecified atom stereocenters. The van der Waals surface area contributed by atoms with Gasteiger partial charge in [0.2, 0.25) is 5.88 Å². The normalized spacial score (nSPS) is 28.1. The first-order valence-corrected chi connectivity index (χ1v) is 8.43. The van der Waals surface area contributed by atoms with Crippen molar-refractivity contribution in [2.75, 3.05) is 14.2 Å². The molecule has 2 aliphatic heterocycles. The maximum absolute atomic E-state index is 9.74. The van der Waals surface area contributed by atoms with Crippen molar-refractivity contribution >= 4 is 0 Å². The van der Waals surface area contributed by atoms with E-state index in [2.05, 4.69) is 23.8 Å². The number of hydrogen-bond donors (Lipinski definition) is 3. The topological polar surface area (TPSA) is 102 Å². The fraction of sp³-hybridized carbons (Fsp3) is 0.500. The van der Waals surface area contributed by atoms with E-state index >= 15 is 0 Å². The molecule has 1 saturated heterocycles. The lowest BCUT2D eigenvalue weighted by Crippen LogP contribution is -2.41. The van der Waals surface area contributed by atoms with E-state index in [9.17, 15) is 5.26 Å². The maximum atomic E-state index is 9.74. The fourth-order valence-electron chi connectivity index (χ4n) is 3.80. The Bertz CT molecular complexity index is 713. The van der Waals surface area contributed by atoms with Gasteiger partial charge < -0.3 is 19.9 Å². The zero-order chi connectivity index (χ0) is 18.0. The number of hydrogen-bond acceptors (Lipinski definition) is 7. The molecule has 4 atom stereocenters. The van der Waals surface area contributed by atoms with E-state index < -0.39 is 0 Å². The van der Waals surface area contributed by atoms with Crippen LogP contribution in [0.2, 0.25) is 0 Å². The van der Waals surface area contributed by atoms with Gasteiger partial charge in [-0.2, -0.15) is 5.26 Å². The van der Waals surface area contributed by atoms with Gasteiger partial charge in [0.1, 0.15) is 17.6 Å². The van der Waals surface area contributed by atoms with Crippen LogP contribution in [-0.2, 0) is 4.74 Å². The predicted octanol–water partition coefficient (Wildman–Crippen LogP) is 1.73. The molecule has 0 amide bonds. The summed E-state index contributed by atoms with van der Waals surface area (Å²) in [6.45, 7) is 2.13. The largest absolute Gasteiger partial charge is 0.497 e. The Balaban J connectivity index is 2.14. The highest BCUT2D eigenvalue weighted by atomic mass is 16.5. The van der Waals surface area contributed by atoms with Crippen LogP contribution in [0.1, 0.15) is 31.2 Å². The number of fused-ring (bicyclic) bond motifs is 1. The number of nitriles is 1. The molecule has 4 N–H and O–H groups in total. The number of rotatable bonds is 5. The van der Waals surface area contributed by atoms with E-state index in [0.29, 0.717) is 17.1 Å². The zero-order valence-corrected chi connectivity index (χ0v) is 14.7. The van der Waals surface area contributed by atoms with Gasteiger partial charge in [-0.05, 0) is 24.6 Å². The van der Waals surface area contributed by atoms with Crippen molar-refractivity contribution in [2.24, 2.45) is 11.7 Å². The second-order valence-electron chi connectivity index (χ2n) is 6.27. The highest BCUT2D eigenvalue weighted by molar-refractivity contribution is 5.50. The first kappa shape index (κ1) is 17.4. The van der Waals surface area contributed by atoms with Crippen LogP contribution in [0, 0.1) is 17.2 Å². The molecule has 0 radical (unpaired) electrons. The molecule has 7 heteroatoms. The molecule has 1 aromatic rings. The van der Waals surface area contributed by atoms with Gasteiger partial charge in [0.25, 0.3) is 0 Å². The summed E-state index contributed by atoms with van der Waals surface area (Å²) in [5, 5.41) is 9.74. The molecule has 3 rings (SSSR count). The number of nitrogens with two attached hydrogens (primary N) is 1. The number of allylic oxidation sites excluding steroid dienone is 1. The smallest absolute Gasteiger partial charge is 0.200 e. The quantitative estimate of drug-likeness (QED) is 0.747. The minimum Gasteiger partial charge on any atom is -0.497 e. The molecule has 1 aromatic carbocycles. The van der Waals surface area contributed by atoms with Gasteiger partial charge in [-0.1, -0.05) is 13.3 Å². The van der Waals surface area contributed by atoms with Crippen molar-refractivity contribution in [2.45, 2.75) is 38.0 Å². The van der Waals surface area contributed by atoms with Crippen molar-refractivity contribution in [3.63, 3.8) is 0 Å². The summed E-state index contributed by atoms with van der Waals surface area (Å²) in [6, 6.07) is 8.01. The summed E-state index contributed by atoms with van der Waals surface area (Å²) in [5.41, 5.74) is 13.8. The van der Waals surface area contributed by atoms with Crippen molar-refractivity contribution in [1.29, 1.82) is 5.26 Å². The Hall–Kier alpha value is -2.43. The van der Waals surface area contributed by atoms with E-state index in [1.165, 1.54) is 0 Å². The summed E-state index contributed by atoms with van der Waals surface area (Å²) in [5.74, 6) is 1.34. The fourth-order valence-corrected chi connectivity index (χ4v) is 3.80. The van der Waals surface area contributed by atoms with Crippen LogP contribution in [0.3, 0.4) is 0 Å². The van der Waals surface area contributed by atoms with E-state index in [1.54, 1.807) is 14.2 Å². The first-order chi connectivity index (χ1) is 12.1. The van der Waals surface area contributed by atoms with Gasteiger partial charge in [0, 0.05) is 23.4 Å². The van der Waals surface area contributed by atoms with Crippen molar-refractivity contribution in [1.82, 2.24) is 10.9 Å². The third kappa shape index (κ3) is 2.99. The Kier molecular flexibility index (Phi) is 5.02. The first-order valence-electron chi connectivity index (χ1n) is 8.43. The van der Waals surface area contributed by atoms with Gasteiger partial charge in [0.15, 0.2) is 6.23 Å². The van der Waals surface area contributed by atoms with Crippen LogP contribution in [0.5, 0.6) is 11.5 Å². The second kappa shape index (κ2) is 7.21. The molecular weight excluding hydrogens is 320 g/mol. The molecule has 0 saturated carbocycles. The van der Waals surface area contributed by atoms with E-state index in [0.717, 1.165) is 18.4 Å². The lowest BCUT2D eigenvalue weighted by atomic mass is 9.74. The Morgan fingerprint density at radius 2 is 2.08 bits per heavy atom. The predicted molar refractivity (Wildman–Crippen MR) is 92.4 cm³/mol. The van der Waals surface area contributed by atoms with Gasteiger partial charge in [-0.3, -0.25) is 5.43 Å². The number of methoxy groups -OCH3 is 2. The summed E-state index contributed by atoms with van der Waals surface area (Å²) >= 11 is 0. The van der Waals surface area contributed by atoms with Crippen molar-refractivity contribution < 1.29 is 14.2 Å². The molecule has 0 aliphatic carbocycles. The standard InChI is InChI=1S/C18H24N4O3/c1-4-5-13-16-15(11-8-10(23-2)6-7-14(11)24-3)12(9-19)17(20)25-18(16)22-21-13/h6-8,13,15-16,18,21-22H,4-5,20H2,1-3H3. The van der Waals surface area contributed by atoms with Crippen LogP contribution in [0.15, 0.2) is 29.7 Å². The van der Waals surface area contributed by atoms with Crippen molar-refractivity contribution in [3.05, 3.63) is 35.2 Å². The zero-order valence-electron chi connectivity index (χ0n) is 14.7. The lowest BCUT2D eigenvalue weighted by molar-refractivity contribution is 0.0333. The van der Waals surface area contributed by atoms with E-state index in [-0.39, 0.29) is 30.0 Å². The molecule has 134 valence electrons. The SMILES string of the molecule is CCCC1NNC2OC(N)=C(C#N)C(c3cc(OC)ccc3OC)C12. The molecule has 7 nitrogen and oxygen atoms in total. The Morgan fingerprint density at radius 3 is 2.72 bits per heavy atom. The number of benzene rings is 1. The average Bonchev–Trinajstić information content (AvgIpc) is 3.02. The summed E-state index contributed by atoms with van der Waals surface area (Å²) in [4.78, 5) is 0. The molecule has 2 heterocycles. The summed E-state index contributed by atoms with van der Waals surface area (Å²) in [6.07, 6.45) is 1.68. The maximum Gasteiger partial charge on any atom is 0.200 e. The minimum absolute atomic E-state index is 0.0166. The molecular formula is C18H24N4O3. The summed E-state index contributed by atoms with van der Waals surface area (Å²) in [7, 11) is 3.24. The Labute approximate surface area is 147 Å². The summed E-state index contributed by atoms with van der Waals surface area (Å²) < 4.78 is 16.7. The number of nitrogens with one attached hydrogen (secondary N) is 2. The van der Waals surface area contributed by atoms with E-state index in [1.807, 2.05) is 18.2 Å². The number of nitrogens with zero attached hydrogens (tertiary/aromatic N) is 1. The lowest BCUT2D eigenvalue weighted by Gasteiger charge is -2.36. The second-order valence-corrected chi connectivity index (χ2v) is 6.27. The van der Waals surface area contributed by atoms with Crippen LogP contribution < -0.4 is 26.1 Å². The molecule has 25 heavy (non-hydrogen) atoms. The van der Waals surface area contributed by atoms with E-state index in [4.69, 9.17) is 19.9 Å².